The number of aliphatic hydroxyl groups excluding tert-OH is 9. The molecule has 6 aliphatic rings. The van der Waals surface area contributed by atoms with E-state index in [1.54, 1.807) is 0 Å². The van der Waals surface area contributed by atoms with E-state index in [0.717, 1.165) is 0 Å². The highest BCUT2D eigenvalue weighted by Gasteiger charge is 2.50. The van der Waals surface area contributed by atoms with Gasteiger partial charge in [0.25, 0.3) is 31.3 Å². The molecule has 6 saturated heterocycles. The highest BCUT2D eigenvalue weighted by Crippen LogP contribution is 2.51. The second-order valence-electron chi connectivity index (χ2n) is 33.3. The minimum Gasteiger partial charge on any atom is -0.756 e. The van der Waals surface area contributed by atoms with E-state index in [-0.39, 0.29) is 210 Å². The molecule has 17 N–H and O–H groups in total. The summed E-state index contributed by atoms with van der Waals surface area (Å²) in [5.41, 5.74) is -4.55. The first-order chi connectivity index (χ1) is 60.3. The fraction of sp³-hybridized carbons (Fsp3) is 0.880. The number of nitrogens with one attached hydrogen (secondary N) is 6. The standard InChI is InChI=1S/C75H135N9O40P4/c1-49(88)79-61-67(100)64(97)52(40-85)122-70(61)113-37-13-16-55(91)76-28-10-4-7-19-58(94)82-31-22-73(23-32-82,43-116-125(103,104)105)45-118-127(109,110)120-47-75(26-35-84(36-27-75)60(96)21-9-6-12-30-78-57(93)18-15-39-115-72-63(81-51(3)90)69(102)66(99)54(42-87)124-72)48-121-128(111,112)119-46-74(44-117-126(106,107)108)24-33-83(34-25-74)59(95)20-8-5-11-29-77-56(92)17-14-38-114-71-62(80-50(2)89)68(101)65(98)53(41-86)123-71/h52-54,61-72,85-87,97-102H,4-48H2,1-3H3,(H,76,91)(H,77,92)(H,78,93)(H,79,88)(H,80,89)(H,81,90)(H,109,110)(H,111,112)(H2,103,104,105)(H2,106,107,108)/p-4. The number of unbranched alkanes of at least 4 members (excludes halogenated alkanes) is 6. The third-order valence-electron chi connectivity index (χ3n) is 23.1. The molecular formula is C75H131N9O40P4-4. The molecule has 0 bridgehead atoms. The predicted molar refractivity (Wildman–Crippen MR) is 431 cm³/mol. The third-order valence-corrected chi connectivity index (χ3v) is 25.8. The van der Waals surface area contributed by atoms with Crippen LogP contribution >= 0.6 is 31.3 Å². The number of piperidine rings is 3. The van der Waals surface area contributed by atoms with Crippen molar-refractivity contribution in [3.8, 4) is 0 Å². The molecule has 9 amide bonds. The fourth-order valence-corrected chi connectivity index (χ4v) is 18.1. The molecule has 0 aromatic carbocycles. The van der Waals surface area contributed by atoms with Crippen LogP contribution in [0.1, 0.15) is 175 Å². The monoisotopic (exact) mass is 1920 g/mol. The Morgan fingerprint density at radius 2 is 0.586 bits per heavy atom. The lowest BCUT2D eigenvalue weighted by atomic mass is 9.80. The van der Waals surface area contributed by atoms with E-state index in [2.05, 4.69) is 31.9 Å². The molecular weight excluding hydrogens is 1790 g/mol. The van der Waals surface area contributed by atoms with E-state index in [1.165, 1.54) is 35.5 Å². The Kier molecular flexibility index (Phi) is 47.7. The Labute approximate surface area is 741 Å². The normalized spacial score (nSPS) is 27.8. The van der Waals surface area contributed by atoms with Gasteiger partial charge in [-0.3, -0.25) is 61.4 Å². The molecule has 19 unspecified atom stereocenters. The largest absolute Gasteiger partial charge is 0.756 e. The van der Waals surface area contributed by atoms with Gasteiger partial charge < -0.3 is 177 Å². The topological polar surface area (TPSA) is 729 Å². The summed E-state index contributed by atoms with van der Waals surface area (Å²) in [6, 6.07) is -3.47. The zero-order valence-corrected chi connectivity index (χ0v) is 75.9. The molecule has 6 rings (SSSR count). The smallest absolute Gasteiger partial charge is 0.267 e. The second-order valence-corrected chi connectivity index (χ2v) is 38.5. The van der Waals surface area contributed by atoms with Crippen molar-refractivity contribution in [1.29, 1.82) is 0 Å². The van der Waals surface area contributed by atoms with Gasteiger partial charge in [-0.1, -0.05) is 19.3 Å². The third kappa shape index (κ3) is 39.2. The fourth-order valence-electron chi connectivity index (χ4n) is 15.4. The summed E-state index contributed by atoms with van der Waals surface area (Å²) in [4.78, 5) is 189. The average Bonchev–Trinajstić information content (AvgIpc) is 0.838. The lowest BCUT2D eigenvalue weighted by Gasteiger charge is -2.45. The quantitative estimate of drug-likeness (QED) is 0.0199. The van der Waals surface area contributed by atoms with E-state index >= 15 is 0 Å². The van der Waals surface area contributed by atoms with Gasteiger partial charge in [0.1, 0.15) is 73.1 Å². The minimum atomic E-state index is -5.53. The molecule has 0 radical (unpaired) electrons. The molecule has 6 aliphatic heterocycles. The van der Waals surface area contributed by atoms with Crippen LogP contribution in [0.15, 0.2) is 0 Å². The van der Waals surface area contributed by atoms with Gasteiger partial charge in [0.15, 0.2) is 18.9 Å². The first kappa shape index (κ1) is 112. The highest BCUT2D eigenvalue weighted by molar-refractivity contribution is 7.46. The number of phosphoric ester groups is 4. The maximum Gasteiger partial charge on any atom is 0.267 e. The summed E-state index contributed by atoms with van der Waals surface area (Å²) in [5.74, 6) is -3.54. The van der Waals surface area contributed by atoms with Crippen molar-refractivity contribution in [2.24, 2.45) is 16.2 Å². The first-order valence-electron chi connectivity index (χ1n) is 43.1. The number of hydrogen-bond acceptors (Lipinski definition) is 38. The van der Waals surface area contributed by atoms with Crippen molar-refractivity contribution in [3.63, 3.8) is 0 Å². The summed E-state index contributed by atoms with van der Waals surface area (Å²) in [6.45, 7) is -3.10. The zero-order chi connectivity index (χ0) is 94.6. The molecule has 0 aliphatic carbocycles. The highest BCUT2D eigenvalue weighted by atomic mass is 31.2. The van der Waals surface area contributed by atoms with Crippen molar-refractivity contribution < 1.29 is 192 Å². The Bertz CT molecular complexity index is 3490. The summed E-state index contributed by atoms with van der Waals surface area (Å²) in [5, 5.41) is 107. The van der Waals surface area contributed by atoms with Gasteiger partial charge in [0.05, 0.1) is 79.3 Å². The second kappa shape index (κ2) is 54.6. The zero-order valence-electron chi connectivity index (χ0n) is 72.4. The van der Waals surface area contributed by atoms with Gasteiger partial charge >= 0.3 is 0 Å². The van der Waals surface area contributed by atoms with Crippen LogP contribution in [-0.2, 0) is 117 Å². The maximum atomic E-state index is 13.9. The van der Waals surface area contributed by atoms with E-state index < -0.39 is 217 Å². The van der Waals surface area contributed by atoms with Crippen LogP contribution in [0.2, 0.25) is 0 Å². The SMILES string of the molecule is CC(=O)NC1C(OCCCC(=O)NCCCCCC(=O)N2CCC(COP(=O)([O-])O)(COP(=O)([O-])OCC3(COP(=O)([O-])OCC4(COP(=O)([O-])O)CCN(C(=O)CCCCCNC(=O)CCCOC5OC(CO)C(O)C(O)C5NC(C)=O)CC4)CCN(C(=O)CCCCCNC(=O)CCCOC4OC(CO)C(O)C(O)C4NC(C)=O)CC3)CC2)OC(CO)C(O)C1O. The minimum absolute atomic E-state index is 0.00250. The van der Waals surface area contributed by atoms with Crippen LogP contribution in [0.25, 0.3) is 0 Å². The van der Waals surface area contributed by atoms with Crippen molar-refractivity contribution in [2.75, 3.05) is 138 Å². The molecule has 6 fully saturated rings. The molecule has 0 aromatic heterocycles. The molecule has 740 valence electrons. The van der Waals surface area contributed by atoms with Crippen LogP contribution in [0.5, 0.6) is 0 Å². The summed E-state index contributed by atoms with van der Waals surface area (Å²) in [7, 11) is -21.9. The molecule has 6 heterocycles. The van der Waals surface area contributed by atoms with Gasteiger partial charge in [0.2, 0.25) is 53.2 Å². The van der Waals surface area contributed by atoms with Gasteiger partial charge in [0, 0.05) is 134 Å². The molecule has 128 heavy (non-hydrogen) atoms. The average molecular weight is 1920 g/mol. The summed E-state index contributed by atoms with van der Waals surface area (Å²) >= 11 is 0. The lowest BCUT2D eigenvalue weighted by Crippen LogP contribution is -2.64. The van der Waals surface area contributed by atoms with Crippen LogP contribution in [-0.4, -0.2) is 354 Å². The van der Waals surface area contributed by atoms with E-state index in [0.29, 0.717) is 57.8 Å². The summed E-state index contributed by atoms with van der Waals surface area (Å²) < 4.78 is 117. The molecule has 49 nitrogen and oxygen atoms in total. The van der Waals surface area contributed by atoms with Gasteiger partial charge in [-0.25, -0.2) is 0 Å². The Morgan fingerprint density at radius 3 is 0.805 bits per heavy atom. The maximum absolute atomic E-state index is 13.9. The number of carbonyl (C=O) groups excluding carboxylic acids is 9. The van der Waals surface area contributed by atoms with Crippen molar-refractivity contribution in [3.05, 3.63) is 0 Å². The first-order valence-corrected chi connectivity index (χ1v) is 49.0. The van der Waals surface area contributed by atoms with E-state index in [1.807, 2.05) is 0 Å². The van der Waals surface area contributed by atoms with Crippen LogP contribution in [0, 0.1) is 16.2 Å². The van der Waals surface area contributed by atoms with E-state index in [4.69, 9.17) is 55.6 Å². The number of rotatable bonds is 57. The van der Waals surface area contributed by atoms with Crippen LogP contribution in [0.4, 0.5) is 0 Å². The number of likely N-dealkylation sites (tertiary alicyclic amines) is 3. The van der Waals surface area contributed by atoms with Gasteiger partial charge in [-0.2, -0.15) is 0 Å². The van der Waals surface area contributed by atoms with Crippen molar-refractivity contribution in [2.45, 2.75) is 267 Å². The van der Waals surface area contributed by atoms with E-state index in [9.17, 15) is 137 Å². The number of carbonyl (C=O) groups is 9. The number of ether oxygens (including phenoxy) is 6. The molecule has 0 spiro atoms. The number of amides is 9. The van der Waals surface area contributed by atoms with Gasteiger partial charge in [-0.05, 0) is 96.3 Å². The van der Waals surface area contributed by atoms with Crippen LogP contribution < -0.4 is 51.5 Å². The Morgan fingerprint density at radius 1 is 0.352 bits per heavy atom. The van der Waals surface area contributed by atoms with Crippen molar-refractivity contribution in [1.82, 2.24) is 46.6 Å². The molecule has 53 heteroatoms. The predicted octanol–water partition coefficient (Wildman–Crippen LogP) is -5.98. The van der Waals surface area contributed by atoms with Crippen molar-refractivity contribution >= 4 is 84.5 Å². The number of nitrogens with zero attached hydrogens (tertiary/aromatic N) is 3. The molecule has 0 aromatic rings. The Balaban J connectivity index is 0.991. The molecule has 0 saturated carbocycles. The Hall–Kier alpha value is -4.93. The van der Waals surface area contributed by atoms with Crippen LogP contribution in [0.3, 0.4) is 0 Å². The summed E-state index contributed by atoms with van der Waals surface area (Å²) in [6.07, 6.45) is -12.4. The number of phosphoric acid groups is 4. The lowest BCUT2D eigenvalue weighted by molar-refractivity contribution is -0.270. The molecule has 19 atom stereocenters. The van der Waals surface area contributed by atoms with Gasteiger partial charge in [-0.15, -0.1) is 0 Å². The number of hydrogen-bond donors (Lipinski definition) is 17. The number of aliphatic hydroxyl groups is 9.